The number of carboxylic acid groups (broad SMARTS) is 1. The van der Waals surface area contributed by atoms with Gasteiger partial charge >= 0.3 is 12.0 Å². The summed E-state index contributed by atoms with van der Waals surface area (Å²) < 4.78 is 5.11. The number of urea groups is 1. The molecule has 0 atom stereocenters. The number of imide groups is 2. The number of carbonyl (C=O) groups excluding carboxylic acids is 3. The van der Waals surface area contributed by atoms with E-state index in [1.807, 2.05) is 12.1 Å². The molecule has 4 bridgehead atoms. The lowest BCUT2D eigenvalue weighted by molar-refractivity contribution is -0.139. The van der Waals surface area contributed by atoms with Crippen molar-refractivity contribution >= 4 is 35.6 Å². The molecule has 8 nitrogen and oxygen atoms in total. The molecule has 5 fully saturated rings. The zero-order valence-electron chi connectivity index (χ0n) is 20.3. The molecule has 0 aromatic heterocycles. The van der Waals surface area contributed by atoms with Gasteiger partial charge in [-0.3, -0.25) is 14.9 Å². The highest BCUT2D eigenvalue weighted by Gasteiger charge is 2.51. The van der Waals surface area contributed by atoms with Crippen molar-refractivity contribution in [3.05, 3.63) is 65.2 Å². The average molecular weight is 501 g/mol. The van der Waals surface area contributed by atoms with Crippen molar-refractivity contribution in [1.82, 2.24) is 5.32 Å². The van der Waals surface area contributed by atoms with Gasteiger partial charge in [-0.05, 0) is 103 Å². The Balaban J connectivity index is 1.23. The molecule has 4 amide bonds. The third kappa shape index (κ3) is 4.30. The number of nitrogens with zero attached hydrogens (tertiary/aromatic N) is 1. The number of anilines is 1. The van der Waals surface area contributed by atoms with E-state index in [1.165, 1.54) is 50.2 Å². The minimum absolute atomic E-state index is 0.163. The van der Waals surface area contributed by atoms with Gasteiger partial charge in [-0.15, -0.1) is 0 Å². The van der Waals surface area contributed by atoms with Gasteiger partial charge < -0.3 is 9.84 Å². The van der Waals surface area contributed by atoms with E-state index < -0.39 is 30.4 Å². The number of carbonyl (C=O) groups is 4. The van der Waals surface area contributed by atoms with Gasteiger partial charge in [-0.1, -0.05) is 24.3 Å². The van der Waals surface area contributed by atoms with Gasteiger partial charge in [0.25, 0.3) is 11.8 Å². The van der Waals surface area contributed by atoms with Crippen LogP contribution in [0, 0.1) is 17.8 Å². The van der Waals surface area contributed by atoms with E-state index in [0.29, 0.717) is 17.0 Å². The Bertz CT molecular complexity index is 1280. The molecule has 37 heavy (non-hydrogen) atoms. The minimum Gasteiger partial charge on any atom is -0.482 e. The van der Waals surface area contributed by atoms with Gasteiger partial charge in [0.1, 0.15) is 11.3 Å². The smallest absolute Gasteiger partial charge is 0.341 e. The fourth-order valence-electron chi connectivity index (χ4n) is 7.29. The van der Waals surface area contributed by atoms with Crippen molar-refractivity contribution in [1.29, 1.82) is 0 Å². The van der Waals surface area contributed by atoms with Crippen LogP contribution in [0.5, 0.6) is 5.75 Å². The second kappa shape index (κ2) is 8.87. The first kappa shape index (κ1) is 23.5. The van der Waals surface area contributed by atoms with Crippen LogP contribution in [0.2, 0.25) is 0 Å². The summed E-state index contributed by atoms with van der Waals surface area (Å²) in [5.74, 6) is 0.252. The Morgan fingerprint density at radius 1 is 0.946 bits per heavy atom. The van der Waals surface area contributed by atoms with Gasteiger partial charge in [0.2, 0.25) is 0 Å². The number of rotatable bonds is 6. The topological polar surface area (TPSA) is 113 Å². The van der Waals surface area contributed by atoms with Crippen molar-refractivity contribution in [2.45, 2.75) is 43.9 Å². The van der Waals surface area contributed by atoms with E-state index in [4.69, 9.17) is 9.84 Å². The summed E-state index contributed by atoms with van der Waals surface area (Å²) in [6.07, 6.45) is 9.17. The van der Waals surface area contributed by atoms with E-state index in [-0.39, 0.29) is 11.0 Å². The first-order valence-corrected chi connectivity index (χ1v) is 12.8. The maximum absolute atomic E-state index is 13.3. The van der Waals surface area contributed by atoms with Crippen molar-refractivity contribution in [2.75, 3.05) is 11.5 Å². The second-order valence-corrected chi connectivity index (χ2v) is 11.0. The Labute approximate surface area is 214 Å². The average Bonchev–Trinajstić information content (AvgIpc) is 2.85. The number of aliphatic carboxylic acids is 1. The molecule has 0 spiro atoms. The molecule has 0 unspecified atom stereocenters. The molecule has 4 saturated carbocycles. The van der Waals surface area contributed by atoms with E-state index in [2.05, 4.69) is 17.4 Å². The second-order valence-electron chi connectivity index (χ2n) is 11.0. The van der Waals surface area contributed by atoms with Crippen LogP contribution >= 0.6 is 0 Å². The highest BCUT2D eigenvalue weighted by Crippen LogP contribution is 2.60. The fraction of sp³-hybridized carbons (Fsp3) is 0.379. The summed E-state index contributed by atoms with van der Waals surface area (Å²) in [6, 6.07) is 13.3. The molecular formula is C29H28N2O6. The first-order chi connectivity index (χ1) is 17.8. The van der Waals surface area contributed by atoms with E-state index in [1.54, 1.807) is 24.3 Å². The molecule has 2 N–H and O–H groups in total. The summed E-state index contributed by atoms with van der Waals surface area (Å²) in [6.45, 7) is -0.472. The lowest BCUT2D eigenvalue weighted by Gasteiger charge is -2.57. The Kier molecular flexibility index (Phi) is 5.62. The molecule has 190 valence electrons. The number of benzene rings is 2. The molecular weight excluding hydrogens is 472 g/mol. The van der Waals surface area contributed by atoms with Crippen LogP contribution in [0.3, 0.4) is 0 Å². The lowest BCUT2D eigenvalue weighted by Crippen LogP contribution is -2.54. The van der Waals surface area contributed by atoms with Crippen molar-refractivity contribution < 1.29 is 29.0 Å². The number of amides is 4. The Hall–Kier alpha value is -3.94. The normalized spacial score (nSPS) is 29.5. The summed E-state index contributed by atoms with van der Waals surface area (Å²) in [5, 5.41) is 11.0. The maximum atomic E-state index is 13.3. The van der Waals surface area contributed by atoms with Crippen LogP contribution in [0.15, 0.2) is 54.1 Å². The number of barbiturate groups is 1. The Morgan fingerprint density at radius 3 is 2.11 bits per heavy atom. The first-order valence-electron chi connectivity index (χ1n) is 12.8. The van der Waals surface area contributed by atoms with Crippen molar-refractivity contribution in [3.8, 4) is 5.75 Å². The number of hydrogen-bond donors (Lipinski definition) is 2. The van der Waals surface area contributed by atoms with Gasteiger partial charge in [0, 0.05) is 0 Å². The van der Waals surface area contributed by atoms with E-state index in [0.717, 1.165) is 22.7 Å². The van der Waals surface area contributed by atoms with Gasteiger partial charge in [-0.2, -0.15) is 0 Å². The van der Waals surface area contributed by atoms with Gasteiger partial charge in [0.15, 0.2) is 6.61 Å². The molecule has 5 aliphatic rings. The van der Waals surface area contributed by atoms with Crippen LogP contribution in [0.1, 0.15) is 49.7 Å². The highest BCUT2D eigenvalue weighted by atomic mass is 16.5. The van der Waals surface area contributed by atoms with E-state index in [9.17, 15) is 19.2 Å². The summed E-state index contributed by atoms with van der Waals surface area (Å²) in [4.78, 5) is 50.1. The molecule has 0 radical (unpaired) electrons. The predicted molar refractivity (Wildman–Crippen MR) is 135 cm³/mol. The summed E-state index contributed by atoms with van der Waals surface area (Å²) in [5.41, 5.74) is 2.30. The molecule has 1 heterocycles. The zero-order chi connectivity index (χ0) is 25.7. The molecule has 2 aromatic carbocycles. The zero-order valence-corrected chi connectivity index (χ0v) is 20.3. The van der Waals surface area contributed by atoms with E-state index >= 15 is 0 Å². The fourth-order valence-corrected chi connectivity index (χ4v) is 7.29. The lowest BCUT2D eigenvalue weighted by atomic mass is 9.48. The summed E-state index contributed by atoms with van der Waals surface area (Å²) >= 11 is 0. The largest absolute Gasteiger partial charge is 0.482 e. The third-order valence-corrected chi connectivity index (χ3v) is 8.43. The molecule has 4 aliphatic carbocycles. The third-order valence-electron chi connectivity index (χ3n) is 8.43. The quantitative estimate of drug-likeness (QED) is 0.452. The molecule has 1 saturated heterocycles. The maximum Gasteiger partial charge on any atom is 0.341 e. The van der Waals surface area contributed by atoms with Crippen molar-refractivity contribution in [3.63, 3.8) is 0 Å². The Morgan fingerprint density at radius 2 is 1.54 bits per heavy atom. The highest BCUT2D eigenvalue weighted by molar-refractivity contribution is 6.39. The molecule has 2 aromatic rings. The van der Waals surface area contributed by atoms with Gasteiger partial charge in [-0.25, -0.2) is 14.5 Å². The van der Waals surface area contributed by atoms with Crippen LogP contribution in [-0.2, 0) is 19.8 Å². The van der Waals surface area contributed by atoms with Crippen LogP contribution in [-0.4, -0.2) is 35.5 Å². The number of carboxylic acids is 1. The van der Waals surface area contributed by atoms with Crippen LogP contribution < -0.4 is 15.0 Å². The summed E-state index contributed by atoms with van der Waals surface area (Å²) in [7, 11) is 0. The van der Waals surface area contributed by atoms with Crippen molar-refractivity contribution in [2.24, 2.45) is 17.8 Å². The minimum atomic E-state index is -1.09. The molecule has 1 aliphatic heterocycles. The van der Waals surface area contributed by atoms with Crippen LogP contribution in [0.25, 0.3) is 6.08 Å². The monoisotopic (exact) mass is 500 g/mol. The van der Waals surface area contributed by atoms with Gasteiger partial charge in [0.05, 0.1) is 5.69 Å². The number of nitrogens with one attached hydrogen (secondary N) is 1. The predicted octanol–water partition coefficient (Wildman–Crippen LogP) is 4.28. The number of hydrogen-bond acceptors (Lipinski definition) is 5. The number of ether oxygens (including phenoxy) is 1. The van der Waals surface area contributed by atoms with Crippen LogP contribution in [0.4, 0.5) is 10.5 Å². The standard InChI is InChI=1S/C29H28N2O6/c32-25(33)16-37-23-7-1-17(2-8-23)12-24-26(34)30-28(36)31(27(24)35)22-5-3-21(4-6-22)29-13-18-9-19(14-29)11-20(10-18)15-29/h1-8,12,18-20H,9-11,13-16H2,(H,32,33)(H,30,34,36). The molecule has 8 heteroatoms. The molecule has 7 rings (SSSR count). The SMILES string of the molecule is O=C(O)COc1ccc(C=C2C(=O)NC(=O)N(c3ccc(C45CC6CC(CC(C6)C4)C5)cc3)C2=O)cc1.